The number of pyridine rings is 2. The third kappa shape index (κ3) is 4.17. The first-order valence-electron chi connectivity index (χ1n) is 10.4. The number of nitrogens with zero attached hydrogens (tertiary/aromatic N) is 3. The number of carbonyl (C=O) groups is 2. The van der Waals surface area contributed by atoms with E-state index in [1.54, 1.807) is 25.4 Å². The summed E-state index contributed by atoms with van der Waals surface area (Å²) in [5.74, 6) is -0.491. The van der Waals surface area contributed by atoms with Gasteiger partial charge in [-0.25, -0.2) is 4.79 Å². The number of nitrogens with two attached hydrogens (primary N) is 1. The lowest BCUT2D eigenvalue weighted by Crippen LogP contribution is -2.08. The first kappa shape index (κ1) is 22.4. The molecule has 2 N–H and O–H groups in total. The molecule has 0 radical (unpaired) electrons. The predicted octanol–water partition coefficient (Wildman–Crippen LogP) is 4.83. The number of thiophene rings is 1. The molecule has 0 amide bonds. The van der Waals surface area contributed by atoms with Crippen molar-refractivity contribution in [1.82, 2.24) is 14.5 Å². The zero-order valence-corrected chi connectivity index (χ0v) is 19.6. The molecule has 0 saturated carbocycles. The number of hydrogen-bond donors (Lipinski definition) is 1. The lowest BCUT2D eigenvalue weighted by molar-refractivity contribution is -0.111. The summed E-state index contributed by atoms with van der Waals surface area (Å²) in [5, 5.41) is 0. The maximum Gasteiger partial charge on any atom is 0.348 e. The predicted molar refractivity (Wildman–Crippen MR) is 130 cm³/mol. The van der Waals surface area contributed by atoms with Gasteiger partial charge < -0.3 is 15.0 Å². The average molecular weight is 461 g/mol. The minimum absolute atomic E-state index is 0.0942. The van der Waals surface area contributed by atoms with Gasteiger partial charge in [-0.3, -0.25) is 14.8 Å². The molecule has 0 unspecified atom stereocenters. The van der Waals surface area contributed by atoms with Gasteiger partial charge in [0, 0.05) is 45.9 Å². The number of ether oxygens (including phenoxy) is 1. The molecule has 0 aromatic carbocycles. The van der Waals surface area contributed by atoms with E-state index in [0.717, 1.165) is 27.2 Å². The van der Waals surface area contributed by atoms with E-state index in [-0.39, 0.29) is 17.8 Å². The summed E-state index contributed by atoms with van der Waals surface area (Å²) in [6, 6.07) is 11.3. The molecule has 0 aliphatic heterocycles. The van der Waals surface area contributed by atoms with Gasteiger partial charge >= 0.3 is 5.97 Å². The quantitative estimate of drug-likeness (QED) is 0.327. The number of esters is 1. The van der Waals surface area contributed by atoms with E-state index in [4.69, 9.17) is 15.5 Å². The Morgan fingerprint density at radius 2 is 1.94 bits per heavy atom. The highest BCUT2D eigenvalue weighted by atomic mass is 32.1. The van der Waals surface area contributed by atoms with Gasteiger partial charge in [-0.2, -0.15) is 0 Å². The van der Waals surface area contributed by atoms with Crippen LogP contribution in [0.5, 0.6) is 0 Å². The van der Waals surface area contributed by atoms with Gasteiger partial charge in [0.15, 0.2) is 5.78 Å². The first-order valence-corrected chi connectivity index (χ1v) is 11.2. The van der Waals surface area contributed by atoms with E-state index in [9.17, 15) is 9.59 Å². The van der Waals surface area contributed by atoms with E-state index < -0.39 is 0 Å². The summed E-state index contributed by atoms with van der Waals surface area (Å²) in [7, 11) is 1.37. The maximum atomic E-state index is 12.3. The molecule has 0 fully saturated rings. The highest BCUT2D eigenvalue weighted by Crippen LogP contribution is 2.37. The second kappa shape index (κ2) is 8.99. The number of allylic oxidation sites excluding steroid dienone is 2. The third-order valence-corrected chi connectivity index (χ3v) is 6.59. The lowest BCUT2D eigenvalue weighted by atomic mass is 10.0. The lowest BCUT2D eigenvalue weighted by Gasteiger charge is -2.15. The third-order valence-electron chi connectivity index (χ3n) is 5.50. The SMILES string of the molecule is COC(=O)c1ccc(-c2cn([C@@H](C)c3ccccn3)c3cc(/C(C(C)=O)=C(\C)N)cnc23)s1. The van der Waals surface area contributed by atoms with Gasteiger partial charge in [0.2, 0.25) is 0 Å². The molecule has 0 aliphatic carbocycles. The van der Waals surface area contributed by atoms with Gasteiger partial charge in [-0.15, -0.1) is 11.3 Å². The number of fused-ring (bicyclic) bond motifs is 1. The second-order valence-electron chi connectivity index (χ2n) is 7.74. The Bertz CT molecular complexity index is 1380. The van der Waals surface area contributed by atoms with E-state index in [1.165, 1.54) is 25.4 Å². The van der Waals surface area contributed by atoms with Crippen molar-refractivity contribution >= 4 is 39.7 Å². The molecule has 168 valence electrons. The first-order chi connectivity index (χ1) is 15.8. The Morgan fingerprint density at radius 1 is 1.15 bits per heavy atom. The fourth-order valence-electron chi connectivity index (χ4n) is 3.93. The highest BCUT2D eigenvalue weighted by Gasteiger charge is 2.21. The fraction of sp³-hybridized carbons (Fsp3) is 0.200. The minimum atomic E-state index is -0.373. The largest absolute Gasteiger partial charge is 0.465 e. The molecular formula is C25H24N4O3S. The molecule has 0 spiro atoms. The van der Waals surface area contributed by atoms with Crippen molar-refractivity contribution in [3.05, 3.63) is 76.8 Å². The van der Waals surface area contributed by atoms with Crippen molar-refractivity contribution in [2.45, 2.75) is 26.8 Å². The van der Waals surface area contributed by atoms with Crippen molar-refractivity contribution in [2.75, 3.05) is 7.11 Å². The number of rotatable bonds is 6. The summed E-state index contributed by atoms with van der Waals surface area (Å²) >= 11 is 1.35. The molecule has 0 bridgehead atoms. The van der Waals surface area contributed by atoms with Crippen molar-refractivity contribution in [3.8, 4) is 10.4 Å². The van der Waals surface area contributed by atoms with Crippen molar-refractivity contribution in [1.29, 1.82) is 0 Å². The Morgan fingerprint density at radius 3 is 2.58 bits per heavy atom. The highest BCUT2D eigenvalue weighted by molar-refractivity contribution is 7.17. The van der Waals surface area contributed by atoms with Gasteiger partial charge in [-0.05, 0) is 51.1 Å². The molecule has 0 aliphatic rings. The molecular weight excluding hydrogens is 436 g/mol. The van der Waals surface area contributed by atoms with Crippen molar-refractivity contribution in [3.63, 3.8) is 0 Å². The molecule has 33 heavy (non-hydrogen) atoms. The van der Waals surface area contributed by atoms with Gasteiger partial charge in [0.1, 0.15) is 4.88 Å². The Labute approximate surface area is 195 Å². The zero-order valence-electron chi connectivity index (χ0n) is 18.8. The number of ketones is 1. The molecule has 0 saturated heterocycles. The summed E-state index contributed by atoms with van der Waals surface area (Å²) in [5.41, 5.74) is 11.0. The van der Waals surface area contributed by atoms with E-state index in [1.807, 2.05) is 36.5 Å². The van der Waals surface area contributed by atoms with Crippen LogP contribution < -0.4 is 5.73 Å². The summed E-state index contributed by atoms with van der Waals surface area (Å²) in [6.07, 6.45) is 5.45. The second-order valence-corrected chi connectivity index (χ2v) is 8.83. The topological polar surface area (TPSA) is 100 Å². The van der Waals surface area contributed by atoms with Crippen molar-refractivity contribution in [2.24, 2.45) is 5.73 Å². The average Bonchev–Trinajstić information content (AvgIpc) is 3.43. The molecule has 4 rings (SSSR count). The molecule has 1 atom stereocenters. The molecule has 8 heteroatoms. The molecule has 4 heterocycles. The van der Waals surface area contributed by atoms with Crippen LogP contribution in [-0.4, -0.2) is 33.4 Å². The van der Waals surface area contributed by atoms with Crippen LogP contribution in [0, 0.1) is 0 Å². The van der Waals surface area contributed by atoms with Crippen LogP contribution in [0.2, 0.25) is 0 Å². The fourth-order valence-corrected chi connectivity index (χ4v) is 4.87. The zero-order chi connectivity index (χ0) is 23.7. The van der Waals surface area contributed by atoms with E-state index in [0.29, 0.717) is 21.7 Å². The van der Waals surface area contributed by atoms with Crippen LogP contribution in [0.1, 0.15) is 47.7 Å². The standard InChI is InChI=1S/C25H24N4O3S/c1-14(26)23(16(3)30)17-11-20-24(28-12-17)18(21-8-9-22(33-21)25(31)32-4)13-29(20)15(2)19-7-5-6-10-27-19/h5-13,15H,26H2,1-4H3/b23-14+/t15-/m0/s1. The number of Topliss-reactive ketones (excluding diaryl/α,β-unsaturated/α-hetero) is 1. The minimum Gasteiger partial charge on any atom is -0.465 e. The van der Waals surface area contributed by atoms with Crippen molar-refractivity contribution < 1.29 is 14.3 Å². The summed E-state index contributed by atoms with van der Waals surface area (Å²) in [4.78, 5) is 34.9. The molecule has 7 nitrogen and oxygen atoms in total. The Balaban J connectivity index is 1.95. The van der Waals surface area contributed by atoms with Crippen LogP contribution in [0.4, 0.5) is 0 Å². The smallest absolute Gasteiger partial charge is 0.348 e. The summed E-state index contributed by atoms with van der Waals surface area (Å²) < 4.78 is 6.94. The number of aromatic nitrogens is 3. The Hall–Kier alpha value is -3.78. The Kier molecular flexibility index (Phi) is 6.11. The van der Waals surface area contributed by atoms with Crippen LogP contribution in [0.3, 0.4) is 0 Å². The normalized spacial score (nSPS) is 13.0. The number of carbonyl (C=O) groups excluding carboxylic acids is 2. The molecule has 4 aromatic heterocycles. The van der Waals surface area contributed by atoms with E-state index in [2.05, 4.69) is 16.5 Å². The number of hydrogen-bond acceptors (Lipinski definition) is 7. The molecule has 4 aromatic rings. The van der Waals surface area contributed by atoms with Crippen LogP contribution in [-0.2, 0) is 9.53 Å². The number of methoxy groups -OCH3 is 1. The van der Waals surface area contributed by atoms with Gasteiger partial charge in [-0.1, -0.05) is 6.07 Å². The van der Waals surface area contributed by atoms with Crippen LogP contribution >= 0.6 is 11.3 Å². The van der Waals surface area contributed by atoms with Crippen LogP contribution in [0.15, 0.2) is 60.7 Å². The van der Waals surface area contributed by atoms with Gasteiger partial charge in [0.05, 0.1) is 29.9 Å². The summed E-state index contributed by atoms with van der Waals surface area (Å²) in [6.45, 7) is 5.27. The van der Waals surface area contributed by atoms with Gasteiger partial charge in [0.25, 0.3) is 0 Å². The van der Waals surface area contributed by atoms with E-state index >= 15 is 0 Å². The maximum absolute atomic E-state index is 12.3. The van der Waals surface area contributed by atoms with Crippen LogP contribution in [0.25, 0.3) is 27.0 Å². The monoisotopic (exact) mass is 460 g/mol.